The van der Waals surface area contributed by atoms with Gasteiger partial charge in [0.1, 0.15) is 0 Å². The molecule has 1 N–H and O–H groups in total. The number of carboxylic acid groups (broad SMARTS) is 1. The zero-order valence-corrected chi connectivity index (χ0v) is 21.3. The maximum absolute atomic E-state index is 13.0. The Morgan fingerprint density at radius 2 is 0.795 bits per heavy atom. The van der Waals surface area contributed by atoms with Crippen LogP contribution >= 0.6 is 0 Å². The largest absolute Gasteiger partial charge is 0.480 e. The third-order valence-corrected chi connectivity index (χ3v) is 5.97. The second-order valence-corrected chi connectivity index (χ2v) is 8.92. The molecule has 0 fully saturated rings. The minimum absolute atomic E-state index is 0.404. The number of aliphatic carboxylic acids is 1. The van der Waals surface area contributed by atoms with Gasteiger partial charge in [0, 0.05) is 0 Å². The van der Waals surface area contributed by atoms with E-state index in [1.165, 1.54) is 4.90 Å². The third-order valence-electron chi connectivity index (χ3n) is 5.97. The number of carbonyl (C=O) groups excluding carboxylic acids is 2. The number of esters is 2. The average molecular weight is 524 g/mol. The monoisotopic (exact) mass is 523 g/mol. The minimum atomic E-state index is -1.18. The molecule has 0 unspecified atom stereocenters. The molecule has 0 bridgehead atoms. The molecule has 0 aliphatic heterocycles. The van der Waals surface area contributed by atoms with Crippen LogP contribution in [0.3, 0.4) is 0 Å². The number of hydrogen-bond acceptors (Lipinski definition) is 6. The Balaban J connectivity index is 1.47. The van der Waals surface area contributed by atoms with Crippen LogP contribution in [0, 0.1) is 0 Å². The minimum Gasteiger partial charge on any atom is -0.480 e. The van der Waals surface area contributed by atoms with Crippen molar-refractivity contribution in [2.24, 2.45) is 0 Å². The number of hydrogen-bond donors (Lipinski definition) is 1. The maximum atomic E-state index is 13.0. The van der Waals surface area contributed by atoms with Crippen LogP contribution in [0.25, 0.3) is 0 Å². The molecule has 0 atom stereocenters. The van der Waals surface area contributed by atoms with E-state index in [1.807, 2.05) is 121 Å². The fraction of sp³-hybridized carbons (Fsp3) is 0.156. The van der Waals surface area contributed by atoms with Crippen LogP contribution in [0.4, 0.5) is 0 Å². The van der Waals surface area contributed by atoms with Crippen LogP contribution in [0.5, 0.6) is 0 Å². The topological polar surface area (TPSA) is 93.1 Å². The first kappa shape index (κ1) is 27.3. The van der Waals surface area contributed by atoms with Crippen molar-refractivity contribution in [3.8, 4) is 0 Å². The molecule has 198 valence electrons. The molecule has 0 spiro atoms. The lowest BCUT2D eigenvalue weighted by Crippen LogP contribution is -2.40. The molecule has 0 aliphatic rings. The summed E-state index contributed by atoms with van der Waals surface area (Å²) in [6.45, 7) is -1.34. The van der Waals surface area contributed by atoms with Crippen molar-refractivity contribution < 1.29 is 29.0 Å². The Bertz CT molecular complexity index is 1170. The van der Waals surface area contributed by atoms with Gasteiger partial charge in [-0.2, -0.15) is 0 Å². The van der Waals surface area contributed by atoms with Crippen molar-refractivity contribution in [2.75, 3.05) is 19.6 Å². The van der Waals surface area contributed by atoms with Gasteiger partial charge in [-0.3, -0.25) is 19.3 Å². The summed E-state index contributed by atoms with van der Waals surface area (Å²) in [5.41, 5.74) is 3.09. The van der Waals surface area contributed by atoms with Crippen LogP contribution in [-0.4, -0.2) is 47.5 Å². The molecule has 0 aromatic heterocycles. The van der Waals surface area contributed by atoms with Crippen molar-refractivity contribution in [1.29, 1.82) is 0 Å². The highest BCUT2D eigenvalue weighted by Crippen LogP contribution is 2.27. The molecule has 0 saturated heterocycles. The number of benzene rings is 4. The summed E-state index contributed by atoms with van der Waals surface area (Å²) < 4.78 is 11.6. The predicted octanol–water partition coefficient (Wildman–Crippen LogP) is 5.04. The molecule has 39 heavy (non-hydrogen) atoms. The smallest absolute Gasteiger partial charge is 0.321 e. The summed E-state index contributed by atoms with van der Waals surface area (Å²) in [5.74, 6) is -2.50. The molecule has 0 heterocycles. The van der Waals surface area contributed by atoms with E-state index in [4.69, 9.17) is 9.47 Å². The molecule has 4 aromatic rings. The maximum Gasteiger partial charge on any atom is 0.321 e. The van der Waals surface area contributed by atoms with Crippen LogP contribution < -0.4 is 0 Å². The van der Waals surface area contributed by atoms with Gasteiger partial charge in [-0.1, -0.05) is 121 Å². The molecular formula is C32H29NO6. The molecule has 7 nitrogen and oxygen atoms in total. The first-order valence-corrected chi connectivity index (χ1v) is 12.5. The van der Waals surface area contributed by atoms with Gasteiger partial charge in [0.05, 0.1) is 19.6 Å². The molecule has 0 aliphatic carbocycles. The van der Waals surface area contributed by atoms with Crippen molar-refractivity contribution in [3.05, 3.63) is 144 Å². The quantitative estimate of drug-likeness (QED) is 0.260. The molecular weight excluding hydrogens is 494 g/mol. The Morgan fingerprint density at radius 3 is 1.05 bits per heavy atom. The molecule has 0 radical (unpaired) electrons. The molecule has 0 saturated carbocycles. The van der Waals surface area contributed by atoms with Crippen molar-refractivity contribution in [3.63, 3.8) is 0 Å². The normalized spacial score (nSPS) is 10.9. The van der Waals surface area contributed by atoms with E-state index in [1.54, 1.807) is 0 Å². The van der Waals surface area contributed by atoms with Crippen LogP contribution in [0.1, 0.15) is 34.5 Å². The van der Waals surface area contributed by atoms with Crippen molar-refractivity contribution in [2.45, 2.75) is 12.2 Å². The Kier molecular flexibility index (Phi) is 9.58. The second kappa shape index (κ2) is 13.7. The van der Waals surface area contributed by atoms with E-state index < -0.39 is 49.8 Å². The second-order valence-electron chi connectivity index (χ2n) is 8.92. The molecule has 7 heteroatoms. The fourth-order valence-corrected chi connectivity index (χ4v) is 4.23. The van der Waals surface area contributed by atoms with Gasteiger partial charge in [0.2, 0.25) is 0 Å². The first-order chi connectivity index (χ1) is 19.0. The number of ether oxygens (including phenoxy) is 2. The summed E-state index contributed by atoms with van der Waals surface area (Å²) >= 11 is 0. The summed E-state index contributed by atoms with van der Waals surface area (Å²) in [5, 5.41) is 9.44. The number of rotatable bonds is 12. The lowest BCUT2D eigenvalue weighted by atomic mass is 10.0. The number of carboxylic acids is 1. The summed E-state index contributed by atoms with van der Waals surface area (Å²) in [6, 6.07) is 37.1. The SMILES string of the molecule is O=C(O)CN(CC(=O)OC(c1ccccc1)c1ccccc1)CC(=O)OC(c1ccccc1)c1ccccc1. The zero-order valence-electron chi connectivity index (χ0n) is 21.3. The number of nitrogens with zero attached hydrogens (tertiary/aromatic N) is 1. The zero-order chi connectivity index (χ0) is 27.5. The summed E-state index contributed by atoms with van der Waals surface area (Å²) in [7, 11) is 0. The van der Waals surface area contributed by atoms with Gasteiger partial charge in [-0.05, 0) is 22.3 Å². The van der Waals surface area contributed by atoms with Gasteiger partial charge >= 0.3 is 17.9 Å². The Labute approximate surface area is 227 Å². The van der Waals surface area contributed by atoms with Gasteiger partial charge < -0.3 is 14.6 Å². The molecule has 4 rings (SSSR count). The van der Waals surface area contributed by atoms with E-state index in [9.17, 15) is 19.5 Å². The van der Waals surface area contributed by atoms with Gasteiger partial charge in [-0.15, -0.1) is 0 Å². The first-order valence-electron chi connectivity index (χ1n) is 12.5. The van der Waals surface area contributed by atoms with Crippen molar-refractivity contribution >= 4 is 17.9 Å². The van der Waals surface area contributed by atoms with Gasteiger partial charge in [0.25, 0.3) is 0 Å². The van der Waals surface area contributed by atoms with E-state index in [0.717, 1.165) is 22.3 Å². The highest BCUT2D eigenvalue weighted by molar-refractivity contribution is 5.78. The van der Waals surface area contributed by atoms with Gasteiger partial charge in [-0.25, -0.2) is 0 Å². The standard InChI is InChI=1S/C32H29NO6/c34-28(35)21-33(22-29(36)38-31(24-13-5-1-6-14-24)25-15-7-2-8-16-25)23-30(37)39-32(26-17-9-3-10-18-26)27-19-11-4-12-20-27/h1-20,31-32H,21-23H2,(H,34,35). The van der Waals surface area contributed by atoms with Crippen LogP contribution in [0.15, 0.2) is 121 Å². The highest BCUT2D eigenvalue weighted by atomic mass is 16.6. The Morgan fingerprint density at radius 1 is 0.513 bits per heavy atom. The Hall–Kier alpha value is -4.75. The predicted molar refractivity (Wildman–Crippen MR) is 146 cm³/mol. The highest BCUT2D eigenvalue weighted by Gasteiger charge is 2.25. The van der Waals surface area contributed by atoms with Crippen molar-refractivity contribution in [1.82, 2.24) is 4.90 Å². The van der Waals surface area contributed by atoms with Gasteiger partial charge in [0.15, 0.2) is 12.2 Å². The molecule has 4 aromatic carbocycles. The van der Waals surface area contributed by atoms with E-state index in [2.05, 4.69) is 0 Å². The molecule has 0 amide bonds. The van der Waals surface area contributed by atoms with E-state index >= 15 is 0 Å². The van der Waals surface area contributed by atoms with Crippen LogP contribution in [0.2, 0.25) is 0 Å². The lowest BCUT2D eigenvalue weighted by molar-refractivity contribution is -0.153. The summed E-state index contributed by atoms with van der Waals surface area (Å²) in [4.78, 5) is 38.8. The third kappa shape index (κ3) is 8.12. The fourth-order valence-electron chi connectivity index (χ4n) is 4.23. The summed E-state index contributed by atoms with van der Waals surface area (Å²) in [6.07, 6.45) is -1.36. The number of carbonyl (C=O) groups is 3. The van der Waals surface area contributed by atoms with Crippen LogP contribution in [-0.2, 0) is 23.9 Å². The lowest BCUT2D eigenvalue weighted by Gasteiger charge is -2.24. The van der Waals surface area contributed by atoms with E-state index in [-0.39, 0.29) is 0 Å². The van der Waals surface area contributed by atoms with E-state index in [0.29, 0.717) is 0 Å². The average Bonchev–Trinajstić information content (AvgIpc) is 2.96.